The van der Waals surface area contributed by atoms with Gasteiger partial charge in [0.15, 0.2) is 5.69 Å². The zero-order valence-corrected chi connectivity index (χ0v) is 21.2. The number of hydrogen-bond acceptors (Lipinski definition) is 5. The van der Waals surface area contributed by atoms with Gasteiger partial charge < -0.3 is 10.1 Å². The fraction of sp³-hybridized carbons (Fsp3) is 0.320. The number of methoxy groups -OCH3 is 1. The van der Waals surface area contributed by atoms with Gasteiger partial charge in [-0.15, -0.1) is 0 Å². The van der Waals surface area contributed by atoms with Crippen molar-refractivity contribution in [1.82, 2.24) is 9.69 Å². The summed E-state index contributed by atoms with van der Waals surface area (Å²) in [5, 5.41) is 3.24. The monoisotopic (exact) mass is 517 g/mol. The van der Waals surface area contributed by atoms with Crippen LogP contribution in [0.5, 0.6) is 5.75 Å². The maximum Gasteiger partial charge on any atom is 0.280 e. The lowest BCUT2D eigenvalue weighted by Crippen LogP contribution is -2.46. The smallest absolute Gasteiger partial charge is 0.280 e. The van der Waals surface area contributed by atoms with Crippen molar-refractivity contribution in [3.63, 3.8) is 0 Å². The van der Waals surface area contributed by atoms with Crippen molar-refractivity contribution in [2.75, 3.05) is 12.0 Å². The fourth-order valence-electron chi connectivity index (χ4n) is 4.22. The number of benzene rings is 2. The number of carbonyl (C=O) groups is 2. The van der Waals surface area contributed by atoms with E-state index in [9.17, 15) is 9.59 Å². The van der Waals surface area contributed by atoms with Gasteiger partial charge in [-0.3, -0.25) is 14.5 Å². The predicted molar refractivity (Wildman–Crippen MR) is 136 cm³/mol. The van der Waals surface area contributed by atoms with E-state index in [1.165, 1.54) is 4.90 Å². The zero-order chi connectivity index (χ0) is 24.2. The summed E-state index contributed by atoms with van der Waals surface area (Å²) in [6.07, 6.45) is 4.00. The van der Waals surface area contributed by atoms with Crippen LogP contribution < -0.4 is 15.0 Å². The van der Waals surface area contributed by atoms with Crippen molar-refractivity contribution in [3.8, 4) is 5.75 Å². The molecule has 34 heavy (non-hydrogen) atoms. The van der Waals surface area contributed by atoms with Gasteiger partial charge >= 0.3 is 0 Å². The van der Waals surface area contributed by atoms with E-state index in [4.69, 9.17) is 27.9 Å². The molecule has 178 valence electrons. The number of nitrogens with one attached hydrogen (secondary N) is 1. The molecule has 1 aliphatic rings. The lowest BCUT2D eigenvalue weighted by molar-refractivity contribution is -0.123. The summed E-state index contributed by atoms with van der Waals surface area (Å²) in [6, 6.07) is 13.7. The molecule has 0 radical (unpaired) electrons. The Morgan fingerprint density at radius 2 is 1.85 bits per heavy atom. The van der Waals surface area contributed by atoms with Gasteiger partial charge in [0.2, 0.25) is 5.91 Å². The van der Waals surface area contributed by atoms with E-state index in [1.807, 2.05) is 25.1 Å². The standard InChI is InChI=1S/C25H25Cl2N3O3S/c1-15-6-5-9-18(14-15)30(25(32)21-20(26)23(27)34-29-21)22(16-10-12-19(33-2)13-11-16)24(31)28-17-7-3-4-8-17/h5-6,9-14,17,22H,3-4,7-8H2,1-2H3,(H,28,31)/t22-/m0/s1. The van der Waals surface area contributed by atoms with Crippen LogP contribution in [0.4, 0.5) is 5.69 Å². The van der Waals surface area contributed by atoms with E-state index < -0.39 is 11.9 Å². The number of amides is 2. The number of carbonyl (C=O) groups excluding carboxylic acids is 2. The van der Waals surface area contributed by atoms with Crippen molar-refractivity contribution in [3.05, 3.63) is 74.7 Å². The van der Waals surface area contributed by atoms with Gasteiger partial charge in [-0.2, -0.15) is 4.37 Å². The summed E-state index contributed by atoms with van der Waals surface area (Å²) in [6.45, 7) is 1.93. The van der Waals surface area contributed by atoms with Crippen LogP contribution >= 0.6 is 34.7 Å². The van der Waals surface area contributed by atoms with Crippen molar-refractivity contribution < 1.29 is 14.3 Å². The Bertz CT molecular complexity index is 1180. The molecule has 9 heteroatoms. The van der Waals surface area contributed by atoms with E-state index >= 15 is 0 Å². The quantitative estimate of drug-likeness (QED) is 0.404. The zero-order valence-electron chi connectivity index (χ0n) is 18.9. The molecule has 1 aromatic heterocycles. The molecule has 0 aliphatic heterocycles. The SMILES string of the molecule is COc1ccc([C@@H](C(=O)NC2CCCC2)N(C(=O)c2nsc(Cl)c2Cl)c2cccc(C)c2)cc1. The normalized spacial score (nSPS) is 14.6. The summed E-state index contributed by atoms with van der Waals surface area (Å²) in [5.74, 6) is -0.105. The van der Waals surface area contributed by atoms with Gasteiger partial charge in [0.05, 0.1) is 7.11 Å². The van der Waals surface area contributed by atoms with Gasteiger partial charge in [-0.25, -0.2) is 0 Å². The fourth-order valence-corrected chi connectivity index (χ4v) is 5.21. The average molecular weight is 518 g/mol. The molecular formula is C25H25Cl2N3O3S. The van der Waals surface area contributed by atoms with E-state index in [0.717, 1.165) is 42.8 Å². The van der Waals surface area contributed by atoms with Gasteiger partial charge in [-0.05, 0) is 66.7 Å². The van der Waals surface area contributed by atoms with Crippen molar-refractivity contribution >= 4 is 52.2 Å². The highest BCUT2D eigenvalue weighted by Crippen LogP contribution is 2.36. The third-order valence-corrected chi connectivity index (χ3v) is 7.55. The van der Waals surface area contributed by atoms with Gasteiger partial charge in [-0.1, -0.05) is 60.3 Å². The molecule has 1 aliphatic carbocycles. The lowest BCUT2D eigenvalue weighted by atomic mass is 10.0. The summed E-state index contributed by atoms with van der Waals surface area (Å²) < 4.78 is 9.70. The minimum Gasteiger partial charge on any atom is -0.497 e. The van der Waals surface area contributed by atoms with Crippen LogP contribution in [0.15, 0.2) is 48.5 Å². The van der Waals surface area contributed by atoms with Crippen molar-refractivity contribution in [1.29, 1.82) is 0 Å². The summed E-state index contributed by atoms with van der Waals surface area (Å²) in [4.78, 5) is 29.1. The predicted octanol–water partition coefficient (Wildman–Crippen LogP) is 6.21. The van der Waals surface area contributed by atoms with Gasteiger partial charge in [0.25, 0.3) is 5.91 Å². The van der Waals surface area contributed by atoms with Crippen LogP contribution in [-0.2, 0) is 4.79 Å². The van der Waals surface area contributed by atoms with Crippen LogP contribution in [0.1, 0.15) is 53.3 Å². The third-order valence-electron chi connectivity index (χ3n) is 5.94. The number of nitrogens with zero attached hydrogens (tertiary/aromatic N) is 2. The van der Waals surface area contributed by atoms with Crippen LogP contribution in [0.25, 0.3) is 0 Å². The largest absolute Gasteiger partial charge is 0.497 e. The molecular weight excluding hydrogens is 493 g/mol. The van der Waals surface area contributed by atoms with Crippen LogP contribution in [0, 0.1) is 6.92 Å². The lowest BCUT2D eigenvalue weighted by Gasteiger charge is -2.32. The Hall–Kier alpha value is -2.61. The van der Waals surface area contributed by atoms with E-state index in [0.29, 0.717) is 17.0 Å². The molecule has 1 saturated carbocycles. The maximum atomic E-state index is 13.9. The number of anilines is 1. The summed E-state index contributed by atoms with van der Waals surface area (Å²) >= 11 is 13.4. The second-order valence-electron chi connectivity index (χ2n) is 8.30. The number of halogens is 2. The molecule has 0 spiro atoms. The average Bonchev–Trinajstić information content (AvgIpc) is 3.46. The molecule has 0 saturated heterocycles. The highest BCUT2D eigenvalue weighted by atomic mass is 35.5. The van der Waals surface area contributed by atoms with E-state index in [2.05, 4.69) is 9.69 Å². The maximum absolute atomic E-state index is 13.9. The molecule has 3 aromatic rings. The molecule has 1 heterocycles. The minimum atomic E-state index is -0.947. The second kappa shape index (κ2) is 10.8. The molecule has 0 unspecified atom stereocenters. The van der Waals surface area contributed by atoms with E-state index in [1.54, 1.807) is 37.4 Å². The Morgan fingerprint density at radius 1 is 1.15 bits per heavy atom. The topological polar surface area (TPSA) is 71.5 Å². The molecule has 2 amide bonds. The molecule has 4 rings (SSSR count). The highest BCUT2D eigenvalue weighted by molar-refractivity contribution is 7.11. The molecule has 6 nitrogen and oxygen atoms in total. The minimum absolute atomic E-state index is 0.0188. The molecule has 0 bridgehead atoms. The van der Waals surface area contributed by atoms with Gasteiger partial charge in [0.1, 0.15) is 21.2 Å². The molecule has 1 fully saturated rings. The van der Waals surface area contributed by atoms with Crippen LogP contribution in [-0.4, -0.2) is 29.3 Å². The van der Waals surface area contributed by atoms with Gasteiger partial charge in [0, 0.05) is 11.7 Å². The van der Waals surface area contributed by atoms with Crippen LogP contribution in [0.2, 0.25) is 9.36 Å². The summed E-state index contributed by atoms with van der Waals surface area (Å²) in [7, 11) is 1.58. The molecule has 1 atom stereocenters. The Morgan fingerprint density at radius 3 is 2.44 bits per heavy atom. The number of ether oxygens (including phenoxy) is 1. The van der Waals surface area contributed by atoms with Crippen molar-refractivity contribution in [2.45, 2.75) is 44.7 Å². The number of aryl methyl sites for hydroxylation is 1. The summed E-state index contributed by atoms with van der Waals surface area (Å²) in [5.41, 5.74) is 2.17. The second-order valence-corrected chi connectivity index (χ2v) is 10.1. The number of aromatic nitrogens is 1. The first-order chi connectivity index (χ1) is 16.4. The highest BCUT2D eigenvalue weighted by Gasteiger charge is 2.37. The Kier molecular flexibility index (Phi) is 7.76. The van der Waals surface area contributed by atoms with E-state index in [-0.39, 0.29) is 27.0 Å². The first-order valence-electron chi connectivity index (χ1n) is 11.0. The van der Waals surface area contributed by atoms with Crippen molar-refractivity contribution in [2.24, 2.45) is 0 Å². The molecule has 1 N–H and O–H groups in total. The first-order valence-corrected chi connectivity index (χ1v) is 12.6. The third kappa shape index (κ3) is 5.22. The first kappa shape index (κ1) is 24.5. The molecule has 2 aromatic carbocycles. The Balaban J connectivity index is 1.84. The van der Waals surface area contributed by atoms with Crippen LogP contribution in [0.3, 0.4) is 0 Å². The number of hydrogen-bond donors (Lipinski definition) is 1. The number of rotatable bonds is 7. The Labute approximate surface area is 213 Å².